The van der Waals surface area contributed by atoms with Crippen molar-refractivity contribution in [3.63, 3.8) is 0 Å². The van der Waals surface area contributed by atoms with Crippen LogP contribution in [-0.2, 0) is 10.3 Å². The van der Waals surface area contributed by atoms with Gasteiger partial charge in [-0.2, -0.15) is 0 Å². The third-order valence-corrected chi connectivity index (χ3v) is 2.52. The van der Waals surface area contributed by atoms with E-state index >= 15 is 0 Å². The monoisotopic (exact) mass is 255 g/mol. The molecule has 0 bridgehead atoms. The fourth-order valence-electron chi connectivity index (χ4n) is 1.40. The Bertz CT molecular complexity index is 505. The van der Waals surface area contributed by atoms with Crippen LogP contribution in [0.2, 0.25) is 0 Å². The standard InChI is InChI=1S/C9H13N5O4/c1-9(2,7(12-16)8(15)10-3)13-4-6(11-5-13)14(17)18/h4-5,16H,1-3H3,(H,10,15). The van der Waals surface area contributed by atoms with Crippen LogP contribution in [0, 0.1) is 10.1 Å². The number of carbonyl (C=O) groups excluding carboxylic acids is 1. The summed E-state index contributed by atoms with van der Waals surface area (Å²) in [5.41, 5.74) is -1.26. The van der Waals surface area contributed by atoms with Gasteiger partial charge in [-0.1, -0.05) is 5.16 Å². The number of nitro groups is 1. The quantitative estimate of drug-likeness (QED) is 0.342. The molecule has 0 saturated heterocycles. The minimum Gasteiger partial charge on any atom is -0.410 e. The lowest BCUT2D eigenvalue weighted by atomic mass is 9.97. The lowest BCUT2D eigenvalue weighted by Crippen LogP contribution is -2.44. The SMILES string of the molecule is CNC(=O)C(=NO)C(C)(C)n1cnc([N+](=O)[O-])c1. The van der Waals surface area contributed by atoms with Gasteiger partial charge in [-0.25, -0.2) is 0 Å². The predicted molar refractivity (Wildman–Crippen MR) is 61.5 cm³/mol. The maximum Gasteiger partial charge on any atom is 0.381 e. The van der Waals surface area contributed by atoms with Crippen molar-refractivity contribution in [3.05, 3.63) is 22.6 Å². The van der Waals surface area contributed by atoms with Crippen LogP contribution >= 0.6 is 0 Å². The van der Waals surface area contributed by atoms with Crippen LogP contribution in [0.4, 0.5) is 5.82 Å². The number of nitrogens with zero attached hydrogens (tertiary/aromatic N) is 4. The summed E-state index contributed by atoms with van der Waals surface area (Å²) < 4.78 is 1.33. The molecule has 1 rings (SSSR count). The Morgan fingerprint density at radius 2 is 2.28 bits per heavy atom. The van der Waals surface area contributed by atoms with Crippen molar-refractivity contribution in [1.29, 1.82) is 0 Å². The molecule has 1 heterocycles. The van der Waals surface area contributed by atoms with E-state index < -0.39 is 16.4 Å². The molecule has 0 fully saturated rings. The summed E-state index contributed by atoms with van der Waals surface area (Å²) in [6.07, 6.45) is 2.36. The number of hydrogen-bond acceptors (Lipinski definition) is 6. The third-order valence-electron chi connectivity index (χ3n) is 2.52. The highest BCUT2D eigenvalue weighted by Crippen LogP contribution is 2.20. The summed E-state index contributed by atoms with van der Waals surface area (Å²) >= 11 is 0. The van der Waals surface area contributed by atoms with Gasteiger partial charge in [0.1, 0.15) is 6.20 Å². The van der Waals surface area contributed by atoms with Crippen LogP contribution in [-0.4, -0.2) is 38.3 Å². The number of imidazole rings is 1. The number of oxime groups is 1. The van der Waals surface area contributed by atoms with Gasteiger partial charge in [0.05, 0.1) is 5.54 Å². The van der Waals surface area contributed by atoms with Gasteiger partial charge >= 0.3 is 5.82 Å². The molecule has 0 aliphatic heterocycles. The van der Waals surface area contributed by atoms with Gasteiger partial charge in [-0.15, -0.1) is 0 Å². The highest BCUT2D eigenvalue weighted by Gasteiger charge is 2.34. The summed E-state index contributed by atoms with van der Waals surface area (Å²) in [6, 6.07) is 0. The molecule has 0 aliphatic carbocycles. The van der Waals surface area contributed by atoms with Crippen LogP contribution < -0.4 is 5.32 Å². The topological polar surface area (TPSA) is 123 Å². The first kappa shape index (κ1) is 13.6. The average Bonchev–Trinajstić information content (AvgIpc) is 2.79. The second-order valence-electron chi connectivity index (χ2n) is 3.98. The normalized spacial score (nSPS) is 12.3. The molecule has 0 radical (unpaired) electrons. The summed E-state index contributed by atoms with van der Waals surface area (Å²) in [5.74, 6) is -0.934. The van der Waals surface area contributed by atoms with Crippen molar-refractivity contribution < 1.29 is 14.9 Å². The van der Waals surface area contributed by atoms with Crippen LogP contribution in [0.25, 0.3) is 0 Å². The molecule has 1 aromatic heterocycles. The lowest BCUT2D eigenvalue weighted by Gasteiger charge is -2.24. The number of hydrogen-bond donors (Lipinski definition) is 2. The number of rotatable bonds is 4. The second-order valence-corrected chi connectivity index (χ2v) is 3.98. The molecule has 9 nitrogen and oxygen atoms in total. The number of amides is 1. The third kappa shape index (κ3) is 2.29. The van der Waals surface area contributed by atoms with Crippen molar-refractivity contribution in [2.75, 3.05) is 7.05 Å². The van der Waals surface area contributed by atoms with Crippen molar-refractivity contribution >= 4 is 17.4 Å². The van der Waals surface area contributed by atoms with Crippen molar-refractivity contribution in [2.45, 2.75) is 19.4 Å². The van der Waals surface area contributed by atoms with Gasteiger partial charge in [-0.05, 0) is 23.8 Å². The molecule has 0 aliphatic rings. The number of aromatic nitrogens is 2. The van der Waals surface area contributed by atoms with E-state index in [1.54, 1.807) is 13.8 Å². The molecule has 2 N–H and O–H groups in total. The first-order valence-electron chi connectivity index (χ1n) is 4.98. The summed E-state index contributed by atoms with van der Waals surface area (Å²) in [4.78, 5) is 25.0. The van der Waals surface area contributed by atoms with E-state index in [1.807, 2.05) is 0 Å². The fraction of sp³-hybridized carbons (Fsp3) is 0.444. The van der Waals surface area contributed by atoms with Crippen LogP contribution in [0.1, 0.15) is 13.8 Å². The maximum atomic E-state index is 11.5. The summed E-state index contributed by atoms with van der Waals surface area (Å²) in [7, 11) is 1.39. The molecule has 0 saturated carbocycles. The average molecular weight is 255 g/mol. The molecule has 98 valence electrons. The molecular formula is C9H13N5O4. The Hall–Kier alpha value is -2.45. The van der Waals surface area contributed by atoms with E-state index in [4.69, 9.17) is 5.21 Å². The predicted octanol–water partition coefficient (Wildman–Crippen LogP) is 0.103. The Balaban J connectivity index is 3.18. The summed E-state index contributed by atoms with van der Waals surface area (Å²) in [5, 5.41) is 24.7. The van der Waals surface area contributed by atoms with Gasteiger partial charge in [0, 0.05) is 7.05 Å². The largest absolute Gasteiger partial charge is 0.410 e. The Kier molecular flexibility index (Phi) is 3.64. The Morgan fingerprint density at radius 1 is 1.67 bits per heavy atom. The number of carbonyl (C=O) groups is 1. The zero-order valence-corrected chi connectivity index (χ0v) is 10.1. The lowest BCUT2D eigenvalue weighted by molar-refractivity contribution is -0.389. The van der Waals surface area contributed by atoms with E-state index in [9.17, 15) is 14.9 Å². The van der Waals surface area contributed by atoms with Crippen molar-refractivity contribution in [3.8, 4) is 0 Å². The second kappa shape index (κ2) is 4.82. The van der Waals surface area contributed by atoms with E-state index in [1.165, 1.54) is 17.9 Å². The van der Waals surface area contributed by atoms with Gasteiger partial charge in [0.25, 0.3) is 5.91 Å². The zero-order valence-electron chi connectivity index (χ0n) is 10.1. The Labute approximate surface area is 102 Å². The van der Waals surface area contributed by atoms with Crippen molar-refractivity contribution in [1.82, 2.24) is 14.9 Å². The first-order chi connectivity index (χ1) is 8.34. The highest BCUT2D eigenvalue weighted by molar-refractivity contribution is 6.41. The van der Waals surface area contributed by atoms with Gasteiger partial charge in [-0.3, -0.25) is 9.36 Å². The van der Waals surface area contributed by atoms with Crippen LogP contribution in [0.15, 0.2) is 17.7 Å². The Morgan fingerprint density at radius 3 is 2.67 bits per heavy atom. The number of nitrogens with one attached hydrogen (secondary N) is 1. The van der Waals surface area contributed by atoms with Gasteiger partial charge < -0.3 is 20.6 Å². The summed E-state index contributed by atoms with van der Waals surface area (Å²) in [6.45, 7) is 3.14. The van der Waals surface area contributed by atoms with Crippen LogP contribution in [0.3, 0.4) is 0 Å². The smallest absolute Gasteiger partial charge is 0.381 e. The molecule has 0 aromatic carbocycles. The zero-order chi connectivity index (χ0) is 13.9. The molecule has 0 atom stereocenters. The van der Waals surface area contributed by atoms with Gasteiger partial charge in [0.2, 0.25) is 6.33 Å². The highest BCUT2D eigenvalue weighted by atomic mass is 16.6. The minimum absolute atomic E-state index is 0.183. The molecular weight excluding hydrogens is 242 g/mol. The van der Waals surface area contributed by atoms with Gasteiger partial charge in [0.15, 0.2) is 5.71 Å². The van der Waals surface area contributed by atoms with E-state index in [0.29, 0.717) is 0 Å². The molecule has 0 spiro atoms. The molecule has 1 aromatic rings. The fourth-order valence-corrected chi connectivity index (χ4v) is 1.40. The first-order valence-corrected chi connectivity index (χ1v) is 4.98. The minimum atomic E-state index is -1.07. The molecule has 9 heteroatoms. The van der Waals surface area contributed by atoms with Crippen molar-refractivity contribution in [2.24, 2.45) is 5.16 Å². The molecule has 18 heavy (non-hydrogen) atoms. The molecule has 1 amide bonds. The van der Waals surface area contributed by atoms with E-state index in [2.05, 4.69) is 15.5 Å². The molecule has 0 unspecified atom stereocenters. The van der Waals surface area contributed by atoms with E-state index in [0.717, 1.165) is 6.20 Å². The maximum absolute atomic E-state index is 11.5. The van der Waals surface area contributed by atoms with Crippen LogP contribution in [0.5, 0.6) is 0 Å². The van der Waals surface area contributed by atoms with E-state index in [-0.39, 0.29) is 11.5 Å².